The van der Waals surface area contributed by atoms with Crippen molar-refractivity contribution in [3.05, 3.63) is 88.2 Å². The van der Waals surface area contributed by atoms with Crippen molar-refractivity contribution >= 4 is 52.6 Å². The molecule has 200 valence electrons. The zero-order valence-electron chi connectivity index (χ0n) is 20.6. The number of carbonyl (C=O) groups is 5. The number of hydrogen-bond donors (Lipinski definition) is 3. The molecule has 1 atom stereocenters. The van der Waals surface area contributed by atoms with Crippen LogP contribution in [0.5, 0.6) is 0 Å². The van der Waals surface area contributed by atoms with Crippen LogP contribution in [-0.2, 0) is 32.1 Å². The Balaban J connectivity index is 1.71. The molecule has 1 aliphatic rings. The molecule has 11 nitrogen and oxygen atoms in total. The lowest BCUT2D eigenvalue weighted by molar-refractivity contribution is -0.144. The summed E-state index contributed by atoms with van der Waals surface area (Å²) in [5.41, 5.74) is 1.25. The molecule has 0 saturated carbocycles. The zero-order chi connectivity index (χ0) is 28.1. The maximum Gasteiger partial charge on any atom is 0.337 e. The first-order chi connectivity index (χ1) is 18.6. The van der Waals surface area contributed by atoms with Crippen molar-refractivity contribution in [1.82, 2.24) is 9.88 Å². The number of ether oxygens (including phenoxy) is 1. The Morgan fingerprint density at radius 2 is 1.92 bits per heavy atom. The van der Waals surface area contributed by atoms with E-state index in [4.69, 9.17) is 11.6 Å². The number of rotatable bonds is 8. The summed E-state index contributed by atoms with van der Waals surface area (Å²) in [5.74, 6) is -3.62. The van der Waals surface area contributed by atoms with Crippen LogP contribution in [0.4, 0.5) is 11.4 Å². The highest BCUT2D eigenvalue weighted by Crippen LogP contribution is 2.29. The van der Waals surface area contributed by atoms with Gasteiger partial charge in [0.05, 0.1) is 22.5 Å². The van der Waals surface area contributed by atoms with E-state index in [0.717, 1.165) is 6.92 Å². The van der Waals surface area contributed by atoms with Crippen LogP contribution >= 0.6 is 11.6 Å². The molecule has 0 radical (unpaired) electrons. The number of amides is 3. The number of esters is 1. The summed E-state index contributed by atoms with van der Waals surface area (Å²) in [4.78, 5) is 67.8. The van der Waals surface area contributed by atoms with Crippen LogP contribution in [-0.4, -0.2) is 57.3 Å². The molecule has 3 N–H and O–H groups in total. The van der Waals surface area contributed by atoms with E-state index in [-0.39, 0.29) is 35.5 Å². The van der Waals surface area contributed by atoms with E-state index >= 15 is 0 Å². The lowest BCUT2D eigenvalue weighted by Crippen LogP contribution is -2.46. The topological polar surface area (TPSA) is 155 Å². The maximum atomic E-state index is 13.7. The highest BCUT2D eigenvalue weighted by atomic mass is 35.5. The van der Waals surface area contributed by atoms with Crippen LogP contribution in [0.3, 0.4) is 0 Å². The minimum absolute atomic E-state index is 0.0580. The smallest absolute Gasteiger partial charge is 0.337 e. The van der Waals surface area contributed by atoms with Gasteiger partial charge in [-0.25, -0.2) is 4.79 Å². The molecule has 2 heterocycles. The molecular weight excluding hydrogens is 528 g/mol. The third kappa shape index (κ3) is 6.57. The van der Waals surface area contributed by atoms with E-state index < -0.39 is 42.3 Å². The Bertz CT molecular complexity index is 1460. The molecule has 0 aliphatic carbocycles. The Hall–Kier alpha value is -4.77. The number of aromatic nitrogens is 1. The van der Waals surface area contributed by atoms with Crippen molar-refractivity contribution in [1.29, 1.82) is 0 Å². The first-order valence-electron chi connectivity index (χ1n) is 11.7. The van der Waals surface area contributed by atoms with Gasteiger partial charge in [-0.1, -0.05) is 23.7 Å². The molecule has 0 bridgehead atoms. The number of benzene rings is 2. The normalized spacial score (nSPS) is 14.6. The minimum atomic E-state index is -1.30. The number of aromatic carboxylic acids is 1. The molecule has 0 spiro atoms. The average Bonchev–Trinajstić information content (AvgIpc) is 2.98. The summed E-state index contributed by atoms with van der Waals surface area (Å²) in [5, 5.41) is 15.1. The second-order valence-electron chi connectivity index (χ2n) is 8.67. The van der Waals surface area contributed by atoms with Crippen LogP contribution in [0.2, 0.25) is 5.02 Å². The molecule has 3 aromatic rings. The van der Waals surface area contributed by atoms with E-state index in [1.165, 1.54) is 35.2 Å². The maximum absolute atomic E-state index is 13.7. The molecular formula is C27H23ClN4O7. The van der Waals surface area contributed by atoms with Crippen molar-refractivity contribution in [2.45, 2.75) is 25.9 Å². The monoisotopic (exact) mass is 550 g/mol. The zero-order valence-corrected chi connectivity index (χ0v) is 21.4. The van der Waals surface area contributed by atoms with Gasteiger partial charge in [0, 0.05) is 36.8 Å². The van der Waals surface area contributed by atoms with Crippen molar-refractivity contribution in [2.24, 2.45) is 0 Å². The van der Waals surface area contributed by atoms with Crippen molar-refractivity contribution in [3.8, 4) is 0 Å². The summed E-state index contributed by atoms with van der Waals surface area (Å²) in [6.45, 7) is 0.436. The second kappa shape index (κ2) is 11.7. The summed E-state index contributed by atoms with van der Waals surface area (Å²) in [7, 11) is 0. The van der Waals surface area contributed by atoms with E-state index in [2.05, 4.69) is 20.4 Å². The van der Waals surface area contributed by atoms with Gasteiger partial charge in [0.2, 0.25) is 5.91 Å². The van der Waals surface area contributed by atoms with Crippen LogP contribution in [0, 0.1) is 0 Å². The number of pyridine rings is 1. The predicted octanol–water partition coefficient (Wildman–Crippen LogP) is 3.14. The fourth-order valence-corrected chi connectivity index (χ4v) is 4.26. The summed E-state index contributed by atoms with van der Waals surface area (Å²) in [6.07, 6.45) is 1.69. The van der Waals surface area contributed by atoms with Gasteiger partial charge in [-0.2, -0.15) is 0 Å². The van der Waals surface area contributed by atoms with Gasteiger partial charge in [-0.05, 0) is 48.0 Å². The number of carboxylic acids is 1. The Kier molecular flexibility index (Phi) is 8.21. The largest absolute Gasteiger partial charge is 0.478 e. The molecule has 12 heteroatoms. The fourth-order valence-electron chi connectivity index (χ4n) is 4.09. The summed E-state index contributed by atoms with van der Waals surface area (Å²) < 4.78 is 4.67. The summed E-state index contributed by atoms with van der Waals surface area (Å²) in [6, 6.07) is 13.0. The fraction of sp³-hybridized carbons (Fsp3) is 0.185. The molecule has 0 saturated heterocycles. The Morgan fingerprint density at radius 3 is 2.62 bits per heavy atom. The number of hydrogen-bond acceptors (Lipinski definition) is 7. The Labute approximate surface area is 227 Å². The lowest BCUT2D eigenvalue weighted by Gasteiger charge is -2.29. The number of carbonyl (C=O) groups excluding carboxylic acids is 4. The molecule has 1 aromatic heterocycles. The molecule has 1 aliphatic heterocycles. The molecule has 4 rings (SSSR count). The standard InChI is InChI=1S/C27H23ClN4O7/c1-15(33)39-14-24(34)30-21-10-16(5-7-20(21)27(37)38)13-32-23(12-18-4-2-3-9-29-18)25(35)31-22-11-17(28)6-8-19(22)26(32)36/h2-11,23H,12-14H2,1H3,(H,30,34)(H,31,35)(H,37,38). The van der Waals surface area contributed by atoms with E-state index in [0.29, 0.717) is 16.3 Å². The van der Waals surface area contributed by atoms with Gasteiger partial charge in [-0.15, -0.1) is 0 Å². The lowest BCUT2D eigenvalue weighted by atomic mass is 10.0. The van der Waals surface area contributed by atoms with Crippen molar-refractivity contribution in [2.75, 3.05) is 17.2 Å². The quantitative estimate of drug-likeness (QED) is 0.361. The van der Waals surface area contributed by atoms with Crippen LogP contribution in [0.15, 0.2) is 60.8 Å². The number of fused-ring (bicyclic) bond motifs is 1. The van der Waals surface area contributed by atoms with Crippen LogP contribution in [0.25, 0.3) is 0 Å². The van der Waals surface area contributed by atoms with Gasteiger partial charge in [0.25, 0.3) is 11.8 Å². The van der Waals surface area contributed by atoms with Gasteiger partial charge in [0.15, 0.2) is 6.61 Å². The first-order valence-corrected chi connectivity index (χ1v) is 12.1. The van der Waals surface area contributed by atoms with Gasteiger partial charge < -0.3 is 25.4 Å². The third-order valence-corrected chi connectivity index (χ3v) is 6.12. The molecule has 1 unspecified atom stereocenters. The third-order valence-electron chi connectivity index (χ3n) is 5.89. The van der Waals surface area contributed by atoms with E-state index in [1.54, 1.807) is 30.5 Å². The molecule has 3 amide bonds. The summed E-state index contributed by atoms with van der Waals surface area (Å²) >= 11 is 6.10. The number of nitrogens with zero attached hydrogens (tertiary/aromatic N) is 2. The van der Waals surface area contributed by atoms with E-state index in [1.807, 2.05) is 0 Å². The average molecular weight is 551 g/mol. The highest BCUT2D eigenvalue weighted by molar-refractivity contribution is 6.31. The molecule has 39 heavy (non-hydrogen) atoms. The van der Waals surface area contributed by atoms with Gasteiger partial charge in [-0.3, -0.25) is 24.2 Å². The number of anilines is 2. The van der Waals surface area contributed by atoms with Gasteiger partial charge in [0.1, 0.15) is 6.04 Å². The van der Waals surface area contributed by atoms with Gasteiger partial charge >= 0.3 is 11.9 Å². The predicted molar refractivity (Wildman–Crippen MR) is 140 cm³/mol. The van der Waals surface area contributed by atoms with Crippen LogP contribution in [0.1, 0.15) is 38.9 Å². The number of nitrogens with one attached hydrogen (secondary N) is 2. The number of carboxylic acid groups (broad SMARTS) is 1. The highest BCUT2D eigenvalue weighted by Gasteiger charge is 2.36. The van der Waals surface area contributed by atoms with Crippen molar-refractivity contribution in [3.63, 3.8) is 0 Å². The van der Waals surface area contributed by atoms with E-state index in [9.17, 15) is 29.1 Å². The van der Waals surface area contributed by atoms with Crippen LogP contribution < -0.4 is 10.6 Å². The first kappa shape index (κ1) is 27.3. The molecule has 2 aromatic carbocycles. The second-order valence-corrected chi connectivity index (χ2v) is 9.10. The van der Waals surface area contributed by atoms with Crippen molar-refractivity contribution < 1.29 is 33.8 Å². The Morgan fingerprint density at radius 1 is 1.13 bits per heavy atom. The SMILES string of the molecule is CC(=O)OCC(=O)Nc1cc(CN2C(=O)c3ccc(Cl)cc3NC(=O)C2Cc2ccccn2)ccc1C(=O)O. The number of halogens is 1. The molecule has 0 fully saturated rings. The minimum Gasteiger partial charge on any atom is -0.478 e.